The molecule has 0 aromatic carbocycles. The van der Waals surface area contributed by atoms with Crippen LogP contribution in [0.4, 0.5) is 0 Å². The highest BCUT2D eigenvalue weighted by atomic mass is 31.2. The summed E-state index contributed by atoms with van der Waals surface area (Å²) >= 11 is 0. The van der Waals surface area contributed by atoms with E-state index < -0.39 is 15.4 Å². The summed E-state index contributed by atoms with van der Waals surface area (Å²) in [5.41, 5.74) is 6.95. The van der Waals surface area contributed by atoms with Crippen molar-refractivity contribution in [2.45, 2.75) is 19.8 Å². The lowest BCUT2D eigenvalue weighted by atomic mass is 10.4. The first kappa shape index (κ1) is 23.2. The van der Waals surface area contributed by atoms with Crippen LogP contribution in [0.25, 0.3) is 0 Å². The van der Waals surface area contributed by atoms with Gasteiger partial charge in [-0.1, -0.05) is 13.3 Å². The third-order valence-electron chi connectivity index (χ3n) is 1.23. The van der Waals surface area contributed by atoms with Crippen LogP contribution in [0.5, 0.6) is 0 Å². The molecule has 0 unspecified atom stereocenters. The standard InChI is InChI=1S/C4H11O3P.C2H9N2O4P.H3N/c1-2-3-4-8(5,6)7;3-1-2-4-8-9(5,6)7;/h2-4H2,1H3,(H2,5,6,7);4H,1-3H2,(H2,5,6,7);1H3. The highest BCUT2D eigenvalue weighted by molar-refractivity contribution is 7.51. The molecule has 114 valence electrons. The Morgan fingerprint density at radius 2 is 1.72 bits per heavy atom. The van der Waals surface area contributed by atoms with Gasteiger partial charge in [0.25, 0.3) is 0 Å². The van der Waals surface area contributed by atoms with Gasteiger partial charge in [0.05, 0.1) is 0 Å². The zero-order valence-corrected chi connectivity index (χ0v) is 12.0. The third kappa shape index (κ3) is 29.8. The molecule has 12 heteroatoms. The van der Waals surface area contributed by atoms with E-state index in [1.54, 1.807) is 0 Å². The van der Waals surface area contributed by atoms with Crippen LogP contribution in [0.1, 0.15) is 19.8 Å². The Hall–Kier alpha value is 0.140. The van der Waals surface area contributed by atoms with Crippen LogP contribution in [-0.2, 0) is 13.8 Å². The first-order chi connectivity index (χ1) is 7.62. The molecule has 0 saturated carbocycles. The predicted octanol–water partition coefficient (Wildman–Crippen LogP) is -0.315. The molecule has 0 aliphatic rings. The molecule has 0 atom stereocenters. The lowest BCUT2D eigenvalue weighted by Gasteiger charge is -2.03. The van der Waals surface area contributed by atoms with Gasteiger partial charge >= 0.3 is 15.4 Å². The number of unbranched alkanes of at least 4 members (excludes halogenated alkanes) is 1. The average molecular weight is 311 g/mol. The van der Waals surface area contributed by atoms with Crippen LogP contribution in [0.2, 0.25) is 0 Å². The summed E-state index contributed by atoms with van der Waals surface area (Å²) in [6.45, 7) is 2.38. The van der Waals surface area contributed by atoms with Crippen molar-refractivity contribution in [3.8, 4) is 0 Å². The largest absolute Gasteiger partial charge is 0.486 e. The lowest BCUT2D eigenvalue weighted by Crippen LogP contribution is -2.21. The maximum Gasteiger partial charge on any atom is 0.486 e. The van der Waals surface area contributed by atoms with Crippen molar-refractivity contribution in [1.82, 2.24) is 11.6 Å². The number of phosphoric acid groups is 1. The highest BCUT2D eigenvalue weighted by Gasteiger charge is 2.12. The molecule has 0 amide bonds. The predicted molar refractivity (Wildman–Crippen MR) is 67.0 cm³/mol. The van der Waals surface area contributed by atoms with E-state index in [1.165, 1.54) is 0 Å². The number of hydroxylamine groups is 1. The molecular weight excluding hydrogens is 288 g/mol. The van der Waals surface area contributed by atoms with Gasteiger partial charge in [-0.25, -0.2) is 4.57 Å². The summed E-state index contributed by atoms with van der Waals surface area (Å²) in [5, 5.41) is 0. The monoisotopic (exact) mass is 311 g/mol. The fraction of sp³-hybridized carbons (Fsp3) is 1.00. The van der Waals surface area contributed by atoms with E-state index in [0.717, 1.165) is 6.42 Å². The minimum Gasteiger partial charge on any atom is -0.344 e. The number of hydrogen-bond donors (Lipinski definition) is 7. The second kappa shape index (κ2) is 12.2. The molecule has 0 aromatic rings. The number of rotatable bonds is 7. The average Bonchev–Trinajstić information content (AvgIpc) is 2.13. The van der Waals surface area contributed by atoms with Crippen molar-refractivity contribution < 1.29 is 33.3 Å². The molecule has 0 aromatic heterocycles. The van der Waals surface area contributed by atoms with Crippen LogP contribution in [0.3, 0.4) is 0 Å². The van der Waals surface area contributed by atoms with Gasteiger partial charge in [-0.2, -0.15) is 10.1 Å². The summed E-state index contributed by atoms with van der Waals surface area (Å²) in [5.74, 6) is 0. The molecule has 0 bridgehead atoms. The van der Waals surface area contributed by atoms with E-state index in [4.69, 9.17) is 25.3 Å². The van der Waals surface area contributed by atoms with Crippen LogP contribution in [0.15, 0.2) is 0 Å². The van der Waals surface area contributed by atoms with E-state index in [0.29, 0.717) is 6.42 Å². The van der Waals surface area contributed by atoms with Gasteiger partial charge in [0.1, 0.15) is 0 Å². The van der Waals surface area contributed by atoms with E-state index in [2.05, 4.69) is 4.62 Å². The first-order valence-corrected chi connectivity index (χ1v) is 8.16. The Morgan fingerprint density at radius 3 is 1.94 bits per heavy atom. The van der Waals surface area contributed by atoms with Crippen LogP contribution < -0.4 is 17.4 Å². The summed E-state index contributed by atoms with van der Waals surface area (Å²) < 4.78 is 23.8. The quantitative estimate of drug-likeness (QED) is 0.186. The van der Waals surface area contributed by atoms with Crippen LogP contribution in [-0.4, -0.2) is 38.8 Å². The fourth-order valence-electron chi connectivity index (χ4n) is 0.553. The van der Waals surface area contributed by atoms with E-state index >= 15 is 0 Å². The van der Waals surface area contributed by atoms with Crippen molar-refractivity contribution in [1.29, 1.82) is 0 Å². The van der Waals surface area contributed by atoms with E-state index in [9.17, 15) is 9.13 Å². The maximum atomic E-state index is 10.1. The topological polar surface area (TPSA) is 197 Å². The smallest absolute Gasteiger partial charge is 0.344 e. The lowest BCUT2D eigenvalue weighted by molar-refractivity contribution is 0.127. The second-order valence-corrected chi connectivity index (χ2v) is 5.95. The van der Waals surface area contributed by atoms with Gasteiger partial charge in [-0.3, -0.25) is 4.57 Å². The van der Waals surface area contributed by atoms with Crippen molar-refractivity contribution in [3.63, 3.8) is 0 Å². The molecule has 10 N–H and O–H groups in total. The zero-order chi connectivity index (χ0) is 13.9. The molecule has 0 saturated heterocycles. The van der Waals surface area contributed by atoms with Gasteiger partial charge in [-0.05, 0) is 6.42 Å². The van der Waals surface area contributed by atoms with Crippen LogP contribution in [0, 0.1) is 0 Å². The molecule has 0 rings (SSSR count). The van der Waals surface area contributed by atoms with Gasteiger partial charge in [0, 0.05) is 19.3 Å². The Kier molecular flexibility index (Phi) is 15.7. The van der Waals surface area contributed by atoms with E-state index in [-0.39, 0.29) is 25.4 Å². The molecule has 10 nitrogen and oxygen atoms in total. The van der Waals surface area contributed by atoms with Gasteiger partial charge in [0.2, 0.25) is 0 Å². The van der Waals surface area contributed by atoms with Crippen molar-refractivity contribution >= 4 is 15.4 Å². The maximum absolute atomic E-state index is 10.1. The minimum absolute atomic E-state index is 0. The first-order valence-electron chi connectivity index (χ1n) is 4.84. The highest BCUT2D eigenvalue weighted by Crippen LogP contribution is 2.35. The van der Waals surface area contributed by atoms with Gasteiger partial charge in [0.15, 0.2) is 0 Å². The number of nitrogens with one attached hydrogen (secondary N) is 1. The molecule has 0 fully saturated rings. The third-order valence-corrected chi connectivity index (χ3v) is 2.50. The molecule has 0 heterocycles. The summed E-state index contributed by atoms with van der Waals surface area (Å²) in [6.07, 6.45) is 1.49. The normalized spacial score (nSPS) is 11.2. The number of hydrogen-bond acceptors (Lipinski definition) is 6. The minimum atomic E-state index is -4.36. The van der Waals surface area contributed by atoms with Crippen LogP contribution >= 0.6 is 15.4 Å². The Balaban J connectivity index is -0.000000238. The van der Waals surface area contributed by atoms with Gasteiger partial charge < -0.3 is 31.5 Å². The Morgan fingerprint density at radius 1 is 1.22 bits per heavy atom. The summed E-state index contributed by atoms with van der Waals surface area (Å²) in [6, 6.07) is 0. The van der Waals surface area contributed by atoms with Crippen molar-refractivity contribution in [3.05, 3.63) is 0 Å². The summed E-state index contributed by atoms with van der Waals surface area (Å²) in [4.78, 5) is 32.6. The Bertz CT molecular complexity index is 266. The second-order valence-electron chi connectivity index (χ2n) is 3.01. The zero-order valence-electron chi connectivity index (χ0n) is 10.2. The van der Waals surface area contributed by atoms with Gasteiger partial charge in [-0.15, -0.1) is 0 Å². The molecular formula is C6H23N3O7P2. The number of nitrogens with two attached hydrogens (primary N) is 1. The molecule has 0 radical (unpaired) electrons. The molecule has 0 spiro atoms. The fourth-order valence-corrected chi connectivity index (χ4v) is 1.54. The van der Waals surface area contributed by atoms with Crippen molar-refractivity contribution in [2.75, 3.05) is 19.3 Å². The molecule has 0 aliphatic heterocycles. The molecule has 18 heavy (non-hydrogen) atoms. The molecule has 0 aliphatic carbocycles. The Labute approximate surface area is 106 Å². The van der Waals surface area contributed by atoms with Crippen molar-refractivity contribution in [2.24, 2.45) is 5.73 Å². The SMILES string of the molecule is CCCCP(=O)(O)O.N.NCCNOP(=O)(O)O. The van der Waals surface area contributed by atoms with E-state index in [1.807, 2.05) is 12.4 Å². The summed E-state index contributed by atoms with van der Waals surface area (Å²) in [7, 11) is -8.04.